The molecule has 1 aliphatic carbocycles. The highest BCUT2D eigenvalue weighted by atomic mass is 32.2. The largest absolute Gasteiger partial charge is 0.361 e. The highest BCUT2D eigenvalue weighted by Crippen LogP contribution is 2.36. The van der Waals surface area contributed by atoms with Crippen molar-refractivity contribution in [3.8, 4) is 0 Å². The Morgan fingerprint density at radius 1 is 1.06 bits per heavy atom. The zero-order valence-electron chi connectivity index (χ0n) is 20.1. The van der Waals surface area contributed by atoms with Gasteiger partial charge in [-0.1, -0.05) is 43.9 Å². The second-order valence-corrected chi connectivity index (χ2v) is 12.2. The molecule has 1 aromatic heterocycles. The van der Waals surface area contributed by atoms with Crippen LogP contribution < -0.4 is 4.90 Å². The van der Waals surface area contributed by atoms with Crippen molar-refractivity contribution in [1.82, 2.24) is 18.6 Å². The molecule has 35 heavy (non-hydrogen) atoms. The number of nitrogens with one attached hydrogen (secondary N) is 1. The Kier molecular flexibility index (Phi) is 7.14. The van der Waals surface area contributed by atoms with Crippen LogP contribution in [0.2, 0.25) is 0 Å². The molecule has 2 fully saturated rings. The molecule has 1 aromatic carbocycles. The van der Waals surface area contributed by atoms with Crippen molar-refractivity contribution in [2.45, 2.75) is 76.4 Å². The lowest BCUT2D eigenvalue weighted by Crippen LogP contribution is -2.51. The van der Waals surface area contributed by atoms with Crippen molar-refractivity contribution in [1.29, 1.82) is 0 Å². The maximum absolute atomic E-state index is 13.8. The number of benzene rings is 1. The third kappa shape index (κ3) is 5.54. The smallest absolute Gasteiger partial charge is 0.282 e. The molecule has 1 unspecified atom stereocenters. The lowest BCUT2D eigenvalue weighted by atomic mass is 9.97. The molecule has 0 bridgehead atoms. The van der Waals surface area contributed by atoms with Gasteiger partial charge >= 0.3 is 0 Å². The van der Waals surface area contributed by atoms with Crippen molar-refractivity contribution in [2.75, 3.05) is 24.5 Å². The SMILES string of the molecule is O=S(=O)(N1CCC(F)(F)CC1)N1Cc2ccccc2N(Cc2cnc[nH]2)C(CCC2CCCC2)C1. The minimum absolute atomic E-state index is 0.0245. The maximum atomic E-state index is 13.8. The second-order valence-electron chi connectivity index (χ2n) is 10.3. The maximum Gasteiger partial charge on any atom is 0.282 e. The quantitative estimate of drug-likeness (QED) is 0.597. The molecule has 1 saturated heterocycles. The molecule has 1 N–H and O–H groups in total. The highest BCUT2D eigenvalue weighted by Gasteiger charge is 2.42. The first kappa shape index (κ1) is 24.6. The number of imidazole rings is 1. The molecule has 5 rings (SSSR count). The lowest BCUT2D eigenvalue weighted by Gasteiger charge is -2.37. The van der Waals surface area contributed by atoms with Gasteiger partial charge in [0.1, 0.15) is 0 Å². The number of rotatable bonds is 7. The summed E-state index contributed by atoms with van der Waals surface area (Å²) in [6.07, 6.45) is 9.61. The number of alkyl halides is 2. The van der Waals surface area contributed by atoms with Gasteiger partial charge in [-0.25, -0.2) is 13.8 Å². The normalized spacial score (nSPS) is 24.4. The van der Waals surface area contributed by atoms with Crippen LogP contribution in [0.15, 0.2) is 36.8 Å². The van der Waals surface area contributed by atoms with Crippen LogP contribution in [0.5, 0.6) is 0 Å². The van der Waals surface area contributed by atoms with E-state index in [0.717, 1.165) is 29.8 Å². The minimum atomic E-state index is -3.87. The van der Waals surface area contributed by atoms with E-state index in [1.165, 1.54) is 34.3 Å². The topological polar surface area (TPSA) is 72.5 Å². The van der Waals surface area contributed by atoms with E-state index in [-0.39, 0.29) is 25.7 Å². The fourth-order valence-corrected chi connectivity index (χ4v) is 7.47. The summed E-state index contributed by atoms with van der Waals surface area (Å²) in [7, 11) is -3.87. The van der Waals surface area contributed by atoms with E-state index in [0.29, 0.717) is 19.0 Å². The summed E-state index contributed by atoms with van der Waals surface area (Å²) in [6, 6.07) is 7.93. The molecule has 2 aliphatic heterocycles. The molecular formula is C25H35F2N5O2S. The van der Waals surface area contributed by atoms with E-state index in [1.807, 2.05) is 24.4 Å². The number of hydrogen-bond donors (Lipinski definition) is 1. The molecular weight excluding hydrogens is 472 g/mol. The van der Waals surface area contributed by atoms with E-state index < -0.39 is 29.0 Å². The number of H-pyrrole nitrogens is 1. The first-order valence-corrected chi connectivity index (χ1v) is 14.2. The zero-order valence-corrected chi connectivity index (χ0v) is 20.9. The van der Waals surface area contributed by atoms with Crippen molar-refractivity contribution >= 4 is 15.9 Å². The van der Waals surface area contributed by atoms with Crippen LogP contribution >= 0.6 is 0 Å². The predicted molar refractivity (Wildman–Crippen MR) is 131 cm³/mol. The van der Waals surface area contributed by atoms with Gasteiger partial charge < -0.3 is 9.88 Å². The Morgan fingerprint density at radius 3 is 2.51 bits per heavy atom. The van der Waals surface area contributed by atoms with Crippen LogP contribution in [0.3, 0.4) is 0 Å². The third-order valence-electron chi connectivity index (χ3n) is 7.89. The summed E-state index contributed by atoms with van der Waals surface area (Å²) in [5.74, 6) is -2.10. The van der Waals surface area contributed by atoms with Crippen LogP contribution in [0.1, 0.15) is 62.6 Å². The van der Waals surface area contributed by atoms with Crippen LogP contribution in [0.25, 0.3) is 0 Å². The van der Waals surface area contributed by atoms with E-state index in [9.17, 15) is 17.2 Å². The van der Waals surface area contributed by atoms with Gasteiger partial charge in [-0.05, 0) is 30.4 Å². The number of aromatic nitrogens is 2. The summed E-state index contributed by atoms with van der Waals surface area (Å²) in [4.78, 5) is 9.68. The first-order chi connectivity index (χ1) is 16.8. The first-order valence-electron chi connectivity index (χ1n) is 12.8. The van der Waals surface area contributed by atoms with Gasteiger partial charge in [0, 0.05) is 56.9 Å². The molecule has 0 amide bonds. The summed E-state index contributed by atoms with van der Waals surface area (Å²) in [5, 5.41) is 0. The van der Waals surface area contributed by atoms with Gasteiger partial charge in [0.05, 0.1) is 18.6 Å². The number of piperidine rings is 1. The van der Waals surface area contributed by atoms with Gasteiger partial charge in [-0.3, -0.25) is 0 Å². The van der Waals surface area contributed by atoms with Crippen LogP contribution in [-0.2, 0) is 23.3 Å². The van der Waals surface area contributed by atoms with Gasteiger partial charge in [-0.15, -0.1) is 0 Å². The molecule has 0 radical (unpaired) electrons. The van der Waals surface area contributed by atoms with E-state index >= 15 is 0 Å². The average Bonchev–Trinajstić information content (AvgIpc) is 3.51. The monoisotopic (exact) mass is 507 g/mol. The number of para-hydroxylation sites is 1. The predicted octanol–water partition coefficient (Wildman–Crippen LogP) is 4.55. The highest BCUT2D eigenvalue weighted by molar-refractivity contribution is 7.86. The molecule has 10 heteroatoms. The third-order valence-corrected chi connectivity index (χ3v) is 9.84. The fraction of sp³-hybridized carbons (Fsp3) is 0.640. The summed E-state index contributed by atoms with van der Waals surface area (Å²) in [5.41, 5.74) is 2.93. The van der Waals surface area contributed by atoms with Crippen molar-refractivity contribution in [3.05, 3.63) is 48.0 Å². The summed E-state index contributed by atoms with van der Waals surface area (Å²) in [6.45, 7) is 0.905. The molecule has 3 aliphatic rings. The Morgan fingerprint density at radius 2 is 1.80 bits per heavy atom. The Labute approximate surface area is 206 Å². The average molecular weight is 508 g/mol. The molecule has 1 atom stereocenters. The molecule has 7 nitrogen and oxygen atoms in total. The second kappa shape index (κ2) is 10.1. The number of halogens is 2. The number of aromatic amines is 1. The van der Waals surface area contributed by atoms with Gasteiger partial charge in [-0.2, -0.15) is 17.0 Å². The summed E-state index contributed by atoms with van der Waals surface area (Å²) < 4.78 is 57.7. The van der Waals surface area contributed by atoms with E-state index in [4.69, 9.17) is 0 Å². The number of hydrogen-bond acceptors (Lipinski definition) is 4. The van der Waals surface area contributed by atoms with Crippen molar-refractivity contribution in [2.24, 2.45) is 5.92 Å². The van der Waals surface area contributed by atoms with Gasteiger partial charge in [0.25, 0.3) is 16.1 Å². The van der Waals surface area contributed by atoms with Gasteiger partial charge in [0.2, 0.25) is 0 Å². The Balaban J connectivity index is 1.45. The van der Waals surface area contributed by atoms with Crippen LogP contribution in [0.4, 0.5) is 14.5 Å². The van der Waals surface area contributed by atoms with Crippen molar-refractivity contribution in [3.63, 3.8) is 0 Å². The van der Waals surface area contributed by atoms with Crippen LogP contribution in [-0.4, -0.2) is 58.6 Å². The number of anilines is 1. The molecule has 192 valence electrons. The molecule has 2 aromatic rings. The molecule has 1 saturated carbocycles. The minimum Gasteiger partial charge on any atom is -0.361 e. The van der Waals surface area contributed by atoms with E-state index in [2.05, 4.69) is 20.9 Å². The Hall–Kier alpha value is -2.04. The van der Waals surface area contributed by atoms with Crippen molar-refractivity contribution < 1.29 is 17.2 Å². The number of fused-ring (bicyclic) bond motifs is 1. The van der Waals surface area contributed by atoms with Gasteiger partial charge in [0.15, 0.2) is 0 Å². The molecule has 3 heterocycles. The van der Waals surface area contributed by atoms with Crippen LogP contribution in [0, 0.1) is 5.92 Å². The Bertz CT molecular complexity index is 1080. The summed E-state index contributed by atoms with van der Waals surface area (Å²) >= 11 is 0. The fourth-order valence-electron chi connectivity index (χ4n) is 5.84. The zero-order chi connectivity index (χ0) is 24.5. The van der Waals surface area contributed by atoms with E-state index in [1.54, 1.807) is 6.33 Å². The lowest BCUT2D eigenvalue weighted by molar-refractivity contribution is -0.0419. The molecule has 0 spiro atoms. The standard InChI is InChI=1S/C25H35F2N5O2S/c26-25(27)11-13-30(14-12-25)35(33,34)31-16-21-7-3-4-8-24(21)32(17-22-15-28-19-29-22)23(18-31)10-9-20-5-1-2-6-20/h3-4,7-8,15,19-20,23H,1-2,5-6,9-14,16-18H2,(H,28,29). The number of nitrogens with zero attached hydrogens (tertiary/aromatic N) is 4.